The predicted octanol–water partition coefficient (Wildman–Crippen LogP) is 1.47. The minimum Gasteiger partial charge on any atom is -0.342 e. The number of likely N-dealkylation sites (tertiary alicyclic amines) is 1. The Morgan fingerprint density at radius 2 is 2.00 bits per heavy atom. The molecule has 0 aliphatic carbocycles. The number of amides is 1. The van der Waals surface area contributed by atoms with E-state index in [9.17, 15) is 4.79 Å². The third-order valence-electron chi connectivity index (χ3n) is 3.71. The second-order valence-electron chi connectivity index (χ2n) is 4.86. The van der Waals surface area contributed by atoms with E-state index >= 15 is 0 Å². The first-order valence-corrected chi connectivity index (χ1v) is 7.46. The van der Waals surface area contributed by atoms with E-state index in [1.807, 2.05) is 11.8 Å². The van der Waals surface area contributed by atoms with Gasteiger partial charge in [-0.25, -0.2) is 0 Å². The Morgan fingerprint density at radius 1 is 1.25 bits per heavy atom. The molecule has 0 bridgehead atoms. The van der Waals surface area contributed by atoms with Crippen LogP contribution in [0.5, 0.6) is 0 Å². The van der Waals surface area contributed by atoms with Crippen molar-refractivity contribution in [3.63, 3.8) is 0 Å². The summed E-state index contributed by atoms with van der Waals surface area (Å²) in [5.74, 6) is 2.19. The molecule has 1 unspecified atom stereocenters. The molecule has 0 saturated carbocycles. The van der Waals surface area contributed by atoms with Crippen LogP contribution in [-0.4, -0.2) is 41.4 Å². The molecule has 2 heterocycles. The van der Waals surface area contributed by atoms with Crippen molar-refractivity contribution in [2.45, 2.75) is 37.4 Å². The summed E-state index contributed by atoms with van der Waals surface area (Å²) in [4.78, 5) is 14.3. The smallest absolute Gasteiger partial charge is 0.235 e. The van der Waals surface area contributed by atoms with Gasteiger partial charge in [-0.05, 0) is 43.9 Å². The zero-order chi connectivity index (χ0) is 11.4. The second kappa shape index (κ2) is 5.92. The molecule has 2 fully saturated rings. The normalized spacial score (nSPS) is 28.1. The molecule has 0 aromatic heterocycles. The zero-order valence-electron chi connectivity index (χ0n) is 9.86. The molecule has 92 valence electrons. The third-order valence-corrected chi connectivity index (χ3v) is 5.08. The number of thioether (sulfide) groups is 1. The summed E-state index contributed by atoms with van der Waals surface area (Å²) in [6.45, 7) is 2.63. The first-order valence-electron chi connectivity index (χ1n) is 6.41. The molecule has 1 amide bonds. The highest BCUT2D eigenvalue weighted by Crippen LogP contribution is 2.28. The lowest BCUT2D eigenvalue weighted by molar-refractivity contribution is -0.132. The van der Waals surface area contributed by atoms with Gasteiger partial charge < -0.3 is 10.6 Å². The molecule has 2 rings (SSSR count). The van der Waals surface area contributed by atoms with Gasteiger partial charge in [-0.2, -0.15) is 0 Å². The first-order chi connectivity index (χ1) is 7.81. The molecule has 2 saturated heterocycles. The van der Waals surface area contributed by atoms with E-state index in [4.69, 9.17) is 5.73 Å². The van der Waals surface area contributed by atoms with Gasteiger partial charge in [0.25, 0.3) is 0 Å². The molecule has 0 radical (unpaired) electrons. The largest absolute Gasteiger partial charge is 0.342 e. The van der Waals surface area contributed by atoms with Crippen LogP contribution in [0.3, 0.4) is 0 Å². The Balaban J connectivity index is 1.81. The Bertz CT molecular complexity index is 233. The van der Waals surface area contributed by atoms with Gasteiger partial charge in [0, 0.05) is 13.1 Å². The third kappa shape index (κ3) is 2.92. The topological polar surface area (TPSA) is 46.3 Å². The SMILES string of the molecule is NCC1CCN(C(=O)C2CCCCS2)CC1. The van der Waals surface area contributed by atoms with E-state index in [1.165, 1.54) is 12.8 Å². The monoisotopic (exact) mass is 242 g/mol. The minimum atomic E-state index is 0.253. The van der Waals surface area contributed by atoms with Crippen LogP contribution in [0.15, 0.2) is 0 Å². The number of piperidine rings is 1. The Kier molecular flexibility index (Phi) is 4.53. The fourth-order valence-electron chi connectivity index (χ4n) is 2.53. The number of hydrogen-bond acceptors (Lipinski definition) is 3. The lowest BCUT2D eigenvalue weighted by Crippen LogP contribution is -2.44. The molecule has 4 heteroatoms. The molecule has 2 N–H and O–H groups in total. The summed E-state index contributed by atoms with van der Waals surface area (Å²) in [5, 5.41) is 0.253. The van der Waals surface area contributed by atoms with Crippen LogP contribution in [0.2, 0.25) is 0 Å². The quantitative estimate of drug-likeness (QED) is 0.797. The highest BCUT2D eigenvalue weighted by atomic mass is 32.2. The Hall–Kier alpha value is -0.220. The van der Waals surface area contributed by atoms with Crippen molar-refractivity contribution in [2.75, 3.05) is 25.4 Å². The molecule has 0 spiro atoms. The number of carbonyl (C=O) groups excluding carboxylic acids is 1. The summed E-state index contributed by atoms with van der Waals surface area (Å²) in [6.07, 6.45) is 5.78. The number of rotatable bonds is 2. The van der Waals surface area contributed by atoms with Crippen LogP contribution in [0.1, 0.15) is 32.1 Å². The van der Waals surface area contributed by atoms with Gasteiger partial charge in [0.1, 0.15) is 0 Å². The van der Waals surface area contributed by atoms with Gasteiger partial charge in [0.15, 0.2) is 0 Å². The summed E-state index contributed by atoms with van der Waals surface area (Å²) in [5.41, 5.74) is 5.66. The average molecular weight is 242 g/mol. The van der Waals surface area contributed by atoms with Gasteiger partial charge in [-0.15, -0.1) is 11.8 Å². The van der Waals surface area contributed by atoms with Crippen molar-refractivity contribution in [1.82, 2.24) is 4.90 Å². The number of carbonyl (C=O) groups is 1. The molecule has 3 nitrogen and oxygen atoms in total. The molecule has 2 aliphatic rings. The fourth-order valence-corrected chi connectivity index (χ4v) is 3.81. The maximum Gasteiger partial charge on any atom is 0.235 e. The van der Waals surface area contributed by atoms with Crippen molar-refractivity contribution in [3.8, 4) is 0 Å². The molecular formula is C12H22N2OS. The molecule has 0 aromatic rings. The second-order valence-corrected chi connectivity index (χ2v) is 6.17. The van der Waals surface area contributed by atoms with Crippen LogP contribution in [0.25, 0.3) is 0 Å². The van der Waals surface area contributed by atoms with Crippen molar-refractivity contribution >= 4 is 17.7 Å². The van der Waals surface area contributed by atoms with E-state index in [2.05, 4.69) is 4.90 Å². The Morgan fingerprint density at radius 3 is 2.56 bits per heavy atom. The highest BCUT2D eigenvalue weighted by Gasteiger charge is 2.29. The van der Waals surface area contributed by atoms with Crippen molar-refractivity contribution in [2.24, 2.45) is 11.7 Å². The minimum absolute atomic E-state index is 0.253. The van der Waals surface area contributed by atoms with Crippen LogP contribution in [0.4, 0.5) is 0 Å². The summed E-state index contributed by atoms with van der Waals surface area (Å²) in [7, 11) is 0. The van der Waals surface area contributed by atoms with Crippen LogP contribution in [-0.2, 0) is 4.79 Å². The number of nitrogens with two attached hydrogens (primary N) is 1. The zero-order valence-corrected chi connectivity index (χ0v) is 10.7. The summed E-state index contributed by atoms with van der Waals surface area (Å²) < 4.78 is 0. The first kappa shape index (κ1) is 12.2. The van der Waals surface area contributed by atoms with Crippen molar-refractivity contribution < 1.29 is 4.79 Å². The number of nitrogens with zero attached hydrogens (tertiary/aromatic N) is 1. The Labute approximate surface area is 102 Å². The fraction of sp³-hybridized carbons (Fsp3) is 0.917. The van der Waals surface area contributed by atoms with Gasteiger partial charge >= 0.3 is 0 Å². The summed E-state index contributed by atoms with van der Waals surface area (Å²) in [6, 6.07) is 0. The van der Waals surface area contributed by atoms with Gasteiger partial charge in [0.2, 0.25) is 5.91 Å². The lowest BCUT2D eigenvalue weighted by Gasteiger charge is -2.34. The van der Waals surface area contributed by atoms with Crippen LogP contribution >= 0.6 is 11.8 Å². The molecule has 16 heavy (non-hydrogen) atoms. The van der Waals surface area contributed by atoms with Crippen LogP contribution < -0.4 is 5.73 Å². The van der Waals surface area contributed by atoms with E-state index in [0.29, 0.717) is 11.8 Å². The lowest BCUT2D eigenvalue weighted by atomic mass is 9.97. The molecule has 1 atom stereocenters. The standard InChI is InChI=1S/C12H22N2OS/c13-9-10-4-6-14(7-5-10)12(15)11-3-1-2-8-16-11/h10-11H,1-9,13H2. The summed E-state index contributed by atoms with van der Waals surface area (Å²) >= 11 is 1.86. The molecular weight excluding hydrogens is 220 g/mol. The van der Waals surface area contributed by atoms with Gasteiger partial charge in [0.05, 0.1) is 5.25 Å². The predicted molar refractivity (Wildman–Crippen MR) is 68.5 cm³/mol. The van der Waals surface area contributed by atoms with Gasteiger partial charge in [-0.3, -0.25) is 4.79 Å². The number of hydrogen-bond donors (Lipinski definition) is 1. The van der Waals surface area contributed by atoms with E-state index in [-0.39, 0.29) is 5.25 Å². The average Bonchev–Trinajstić information content (AvgIpc) is 2.39. The van der Waals surface area contributed by atoms with E-state index in [1.54, 1.807) is 0 Å². The van der Waals surface area contributed by atoms with E-state index < -0.39 is 0 Å². The molecule has 0 aromatic carbocycles. The maximum absolute atomic E-state index is 12.2. The van der Waals surface area contributed by atoms with Crippen molar-refractivity contribution in [1.29, 1.82) is 0 Å². The van der Waals surface area contributed by atoms with E-state index in [0.717, 1.165) is 44.6 Å². The van der Waals surface area contributed by atoms with Gasteiger partial charge in [-0.1, -0.05) is 6.42 Å². The molecule has 2 aliphatic heterocycles. The van der Waals surface area contributed by atoms with Crippen LogP contribution in [0, 0.1) is 5.92 Å². The van der Waals surface area contributed by atoms with Crippen molar-refractivity contribution in [3.05, 3.63) is 0 Å². The maximum atomic E-state index is 12.2. The highest BCUT2D eigenvalue weighted by molar-refractivity contribution is 8.00.